The number of hydrogen-bond donors (Lipinski definition) is 2. The Hall–Kier alpha value is -0.200. The van der Waals surface area contributed by atoms with Gasteiger partial charge in [0.25, 0.3) is 0 Å². The Labute approximate surface area is 90.3 Å². The van der Waals surface area contributed by atoms with Gasteiger partial charge >= 0.3 is 0 Å². The van der Waals surface area contributed by atoms with Crippen molar-refractivity contribution >= 4 is 27.2 Å². The van der Waals surface area contributed by atoms with Crippen LogP contribution in [0.25, 0.3) is 0 Å². The zero-order valence-electron chi connectivity index (χ0n) is 8.19. The molecule has 0 aromatic rings. The molecule has 0 aliphatic heterocycles. The summed E-state index contributed by atoms with van der Waals surface area (Å²) in [6.45, 7) is 2.55. The summed E-state index contributed by atoms with van der Waals surface area (Å²) in [6.07, 6.45) is 2.44. The highest BCUT2D eigenvalue weighted by Gasteiger charge is 2.28. The Morgan fingerprint density at radius 1 is 1.64 bits per heavy atom. The summed E-state index contributed by atoms with van der Waals surface area (Å²) in [4.78, 5) is 0.0107. The summed E-state index contributed by atoms with van der Waals surface area (Å²) in [7, 11) is -3.30. The van der Waals surface area contributed by atoms with E-state index in [1.54, 1.807) is 0 Å². The Morgan fingerprint density at radius 3 is 2.64 bits per heavy atom. The van der Waals surface area contributed by atoms with Crippen LogP contribution in [0.5, 0.6) is 0 Å². The summed E-state index contributed by atoms with van der Waals surface area (Å²) in [5.74, 6) is 0.860. The van der Waals surface area contributed by atoms with Crippen molar-refractivity contribution in [3.63, 3.8) is 0 Å². The van der Waals surface area contributed by atoms with Crippen LogP contribution in [0.4, 0.5) is 0 Å². The fourth-order valence-corrected chi connectivity index (χ4v) is 2.79. The number of sulfonamides is 1. The third kappa shape index (κ3) is 4.34. The van der Waals surface area contributed by atoms with E-state index in [9.17, 15) is 8.42 Å². The molecule has 1 aliphatic rings. The van der Waals surface area contributed by atoms with Crippen LogP contribution in [-0.4, -0.2) is 25.7 Å². The first-order valence-electron chi connectivity index (χ1n) is 4.66. The van der Waals surface area contributed by atoms with Gasteiger partial charge in [-0.2, -0.15) is 0 Å². The van der Waals surface area contributed by atoms with Gasteiger partial charge in [0.15, 0.2) is 0 Å². The maximum atomic E-state index is 11.3. The van der Waals surface area contributed by atoms with Gasteiger partial charge in [0.1, 0.15) is 5.75 Å². The van der Waals surface area contributed by atoms with E-state index < -0.39 is 10.0 Å². The molecule has 14 heavy (non-hydrogen) atoms. The Morgan fingerprint density at radius 2 is 2.21 bits per heavy atom. The lowest BCUT2D eigenvalue weighted by Crippen LogP contribution is -2.35. The standard InChI is InChI=1S/C8H16N2O2S2/c1-6(7-2-3-7)4-10-14(11,12)5-8(9)13/h6-7,10H,2-5H2,1H3,(H2,9,13). The second-order valence-corrected chi connectivity index (χ2v) is 6.22. The van der Waals surface area contributed by atoms with E-state index in [1.807, 2.05) is 0 Å². The van der Waals surface area contributed by atoms with Crippen molar-refractivity contribution in [2.24, 2.45) is 17.6 Å². The van der Waals surface area contributed by atoms with Gasteiger partial charge in [-0.15, -0.1) is 0 Å². The molecular formula is C8H16N2O2S2. The molecule has 4 nitrogen and oxygen atoms in total. The van der Waals surface area contributed by atoms with Crippen LogP contribution in [0.15, 0.2) is 0 Å². The van der Waals surface area contributed by atoms with E-state index in [-0.39, 0.29) is 10.7 Å². The molecule has 1 atom stereocenters. The van der Waals surface area contributed by atoms with Crippen LogP contribution >= 0.6 is 12.2 Å². The van der Waals surface area contributed by atoms with Gasteiger partial charge < -0.3 is 5.73 Å². The van der Waals surface area contributed by atoms with Gasteiger partial charge in [-0.25, -0.2) is 13.1 Å². The molecule has 3 N–H and O–H groups in total. The lowest BCUT2D eigenvalue weighted by atomic mass is 10.1. The van der Waals surface area contributed by atoms with Crippen molar-refractivity contribution in [2.75, 3.05) is 12.3 Å². The SMILES string of the molecule is CC(CNS(=O)(=O)CC(N)=S)C1CC1. The lowest BCUT2D eigenvalue weighted by molar-refractivity contribution is 0.493. The second kappa shape index (κ2) is 4.55. The molecule has 0 saturated heterocycles. The van der Waals surface area contributed by atoms with Crippen molar-refractivity contribution in [1.29, 1.82) is 0 Å². The van der Waals surface area contributed by atoms with Crippen molar-refractivity contribution in [3.05, 3.63) is 0 Å². The van der Waals surface area contributed by atoms with Crippen LogP contribution in [0.1, 0.15) is 19.8 Å². The van der Waals surface area contributed by atoms with Gasteiger partial charge in [-0.3, -0.25) is 0 Å². The van der Waals surface area contributed by atoms with Crippen LogP contribution in [-0.2, 0) is 10.0 Å². The number of rotatable bonds is 6. The first kappa shape index (κ1) is 11.9. The quantitative estimate of drug-likeness (QED) is 0.648. The molecule has 0 spiro atoms. The van der Waals surface area contributed by atoms with Crippen molar-refractivity contribution < 1.29 is 8.42 Å². The fourth-order valence-electron chi connectivity index (χ4n) is 1.33. The summed E-state index contributed by atoms with van der Waals surface area (Å²) in [6, 6.07) is 0. The van der Waals surface area contributed by atoms with E-state index in [0.29, 0.717) is 18.4 Å². The average molecular weight is 236 g/mol. The molecule has 0 bridgehead atoms. The zero-order valence-corrected chi connectivity index (χ0v) is 9.83. The van der Waals surface area contributed by atoms with Gasteiger partial charge in [-0.1, -0.05) is 19.1 Å². The summed E-state index contributed by atoms with van der Waals surface area (Å²) in [5, 5.41) is 0. The predicted octanol–water partition coefficient (Wildman–Crippen LogP) is 0.238. The van der Waals surface area contributed by atoms with E-state index in [4.69, 9.17) is 5.73 Å². The number of nitrogens with one attached hydrogen (secondary N) is 1. The van der Waals surface area contributed by atoms with E-state index in [2.05, 4.69) is 23.9 Å². The molecule has 6 heteroatoms. The van der Waals surface area contributed by atoms with Gasteiger partial charge in [0.2, 0.25) is 10.0 Å². The van der Waals surface area contributed by atoms with Crippen LogP contribution in [0.3, 0.4) is 0 Å². The largest absolute Gasteiger partial charge is 0.392 e. The van der Waals surface area contributed by atoms with E-state index in [0.717, 1.165) is 0 Å². The Bertz CT molecular complexity index is 309. The van der Waals surface area contributed by atoms with E-state index in [1.165, 1.54) is 12.8 Å². The normalized spacial score (nSPS) is 19.2. The summed E-state index contributed by atoms with van der Waals surface area (Å²) >= 11 is 4.55. The molecule has 1 fully saturated rings. The first-order chi connectivity index (χ1) is 6.41. The summed E-state index contributed by atoms with van der Waals surface area (Å²) in [5.41, 5.74) is 5.17. The number of hydrogen-bond acceptors (Lipinski definition) is 3. The maximum Gasteiger partial charge on any atom is 0.218 e. The molecule has 0 aromatic carbocycles. The highest BCUT2D eigenvalue weighted by Crippen LogP contribution is 2.36. The van der Waals surface area contributed by atoms with Crippen molar-refractivity contribution in [2.45, 2.75) is 19.8 Å². The van der Waals surface area contributed by atoms with Crippen molar-refractivity contribution in [1.82, 2.24) is 4.72 Å². The third-order valence-corrected chi connectivity index (χ3v) is 4.01. The molecule has 0 aromatic heterocycles. The smallest absolute Gasteiger partial charge is 0.218 e. The highest BCUT2D eigenvalue weighted by atomic mass is 32.2. The predicted molar refractivity (Wildman–Crippen MR) is 60.5 cm³/mol. The number of thiocarbonyl (C=S) groups is 1. The lowest BCUT2D eigenvalue weighted by Gasteiger charge is -2.11. The minimum Gasteiger partial charge on any atom is -0.392 e. The van der Waals surface area contributed by atoms with Crippen LogP contribution in [0.2, 0.25) is 0 Å². The Balaban J connectivity index is 2.31. The zero-order chi connectivity index (χ0) is 10.8. The molecule has 1 aliphatic carbocycles. The molecule has 82 valence electrons. The number of nitrogens with two attached hydrogens (primary N) is 1. The third-order valence-electron chi connectivity index (χ3n) is 2.38. The first-order valence-corrected chi connectivity index (χ1v) is 6.72. The topological polar surface area (TPSA) is 72.2 Å². The van der Waals surface area contributed by atoms with Gasteiger partial charge in [0.05, 0.1) is 4.99 Å². The maximum absolute atomic E-state index is 11.3. The molecule has 0 amide bonds. The average Bonchev–Trinajstić information content (AvgIpc) is 2.79. The van der Waals surface area contributed by atoms with Crippen LogP contribution in [0, 0.1) is 11.8 Å². The minimum atomic E-state index is -3.30. The molecule has 0 heterocycles. The minimum absolute atomic E-state index is 0.0107. The molecule has 1 saturated carbocycles. The van der Waals surface area contributed by atoms with Crippen molar-refractivity contribution in [3.8, 4) is 0 Å². The second-order valence-electron chi connectivity index (χ2n) is 3.89. The molecule has 1 unspecified atom stereocenters. The molecule has 1 rings (SSSR count). The van der Waals surface area contributed by atoms with Gasteiger partial charge in [0, 0.05) is 6.54 Å². The molecule has 0 radical (unpaired) electrons. The van der Waals surface area contributed by atoms with E-state index >= 15 is 0 Å². The molecular weight excluding hydrogens is 220 g/mol. The fraction of sp³-hybridized carbons (Fsp3) is 0.875. The summed E-state index contributed by atoms with van der Waals surface area (Å²) < 4.78 is 25.1. The highest BCUT2D eigenvalue weighted by molar-refractivity contribution is 7.92. The monoisotopic (exact) mass is 236 g/mol. The Kier molecular flexibility index (Phi) is 3.86. The van der Waals surface area contributed by atoms with Crippen LogP contribution < -0.4 is 10.5 Å². The van der Waals surface area contributed by atoms with Gasteiger partial charge in [-0.05, 0) is 24.7 Å².